The molecular formula is C16H24N2. The molecule has 1 aromatic rings. The molecule has 2 heteroatoms. The molecule has 0 radical (unpaired) electrons. The predicted molar refractivity (Wildman–Crippen MR) is 77.0 cm³/mol. The second-order valence-electron chi connectivity index (χ2n) is 5.71. The van der Waals surface area contributed by atoms with Crippen LogP contribution in [-0.4, -0.2) is 24.5 Å². The van der Waals surface area contributed by atoms with E-state index in [0.29, 0.717) is 0 Å². The maximum atomic E-state index is 3.44. The molecule has 18 heavy (non-hydrogen) atoms. The number of hydrogen-bond donors (Lipinski definition) is 1. The van der Waals surface area contributed by atoms with Gasteiger partial charge in [-0.05, 0) is 49.5 Å². The van der Waals surface area contributed by atoms with Crippen molar-refractivity contribution in [2.45, 2.75) is 45.1 Å². The first-order valence-electron chi connectivity index (χ1n) is 7.50. The van der Waals surface area contributed by atoms with Crippen LogP contribution in [0.5, 0.6) is 0 Å². The zero-order chi connectivity index (χ0) is 12.2. The lowest BCUT2D eigenvalue weighted by Crippen LogP contribution is -2.26. The van der Waals surface area contributed by atoms with E-state index in [-0.39, 0.29) is 0 Å². The van der Waals surface area contributed by atoms with Gasteiger partial charge in [0.1, 0.15) is 0 Å². The molecule has 1 saturated heterocycles. The Bertz CT molecular complexity index is 392. The molecule has 0 unspecified atom stereocenters. The Morgan fingerprint density at radius 1 is 1.00 bits per heavy atom. The third-order valence-electron chi connectivity index (χ3n) is 4.23. The number of anilines is 1. The molecule has 2 aliphatic heterocycles. The summed E-state index contributed by atoms with van der Waals surface area (Å²) in [7, 11) is 0. The maximum absolute atomic E-state index is 3.44. The van der Waals surface area contributed by atoms with Gasteiger partial charge in [0.05, 0.1) is 0 Å². The van der Waals surface area contributed by atoms with Gasteiger partial charge in [0.2, 0.25) is 0 Å². The van der Waals surface area contributed by atoms with Gasteiger partial charge in [0.15, 0.2) is 0 Å². The van der Waals surface area contributed by atoms with Gasteiger partial charge in [0, 0.05) is 18.8 Å². The number of rotatable bonds is 2. The molecule has 2 aliphatic rings. The molecular weight excluding hydrogens is 220 g/mol. The fourth-order valence-electron chi connectivity index (χ4n) is 3.19. The highest BCUT2D eigenvalue weighted by Gasteiger charge is 2.12. The standard InChI is InChI=1S/C16H24N2/c1-2-4-10-18(11-5-3-1)13-14-6-7-16-15(12-14)8-9-17-16/h6-7,12,17H,1-5,8-11,13H2. The van der Waals surface area contributed by atoms with Crippen molar-refractivity contribution in [3.05, 3.63) is 29.3 Å². The van der Waals surface area contributed by atoms with Gasteiger partial charge < -0.3 is 5.32 Å². The zero-order valence-electron chi connectivity index (χ0n) is 11.3. The normalized spacial score (nSPS) is 20.9. The van der Waals surface area contributed by atoms with Gasteiger partial charge in [-0.3, -0.25) is 4.90 Å². The van der Waals surface area contributed by atoms with E-state index in [1.54, 1.807) is 0 Å². The molecule has 0 saturated carbocycles. The van der Waals surface area contributed by atoms with Gasteiger partial charge in [-0.25, -0.2) is 0 Å². The van der Waals surface area contributed by atoms with E-state index in [2.05, 4.69) is 28.4 Å². The van der Waals surface area contributed by atoms with Gasteiger partial charge >= 0.3 is 0 Å². The third-order valence-corrected chi connectivity index (χ3v) is 4.23. The lowest BCUT2D eigenvalue weighted by molar-refractivity contribution is 0.240. The van der Waals surface area contributed by atoms with Crippen LogP contribution in [0.25, 0.3) is 0 Å². The fourth-order valence-corrected chi connectivity index (χ4v) is 3.19. The van der Waals surface area contributed by atoms with Gasteiger partial charge in [0.25, 0.3) is 0 Å². The number of fused-ring (bicyclic) bond motifs is 1. The SMILES string of the molecule is c1cc2c(cc1CN1CCCCCCC1)CCN2. The zero-order valence-corrected chi connectivity index (χ0v) is 11.3. The van der Waals surface area contributed by atoms with Gasteiger partial charge in [-0.1, -0.05) is 31.4 Å². The highest BCUT2D eigenvalue weighted by Crippen LogP contribution is 2.24. The topological polar surface area (TPSA) is 15.3 Å². The van der Waals surface area contributed by atoms with Crippen LogP contribution in [0.15, 0.2) is 18.2 Å². The van der Waals surface area contributed by atoms with E-state index in [0.717, 1.165) is 13.1 Å². The Hall–Kier alpha value is -1.02. The summed E-state index contributed by atoms with van der Waals surface area (Å²) in [4.78, 5) is 2.64. The average molecular weight is 244 g/mol. The summed E-state index contributed by atoms with van der Waals surface area (Å²) in [6, 6.07) is 6.98. The molecule has 0 aliphatic carbocycles. The van der Waals surface area contributed by atoms with Crippen molar-refractivity contribution < 1.29 is 0 Å². The Balaban J connectivity index is 1.64. The molecule has 1 fully saturated rings. The fraction of sp³-hybridized carbons (Fsp3) is 0.625. The number of nitrogens with zero attached hydrogens (tertiary/aromatic N) is 1. The van der Waals surface area contributed by atoms with Crippen LogP contribution in [0.1, 0.15) is 43.2 Å². The molecule has 98 valence electrons. The lowest BCUT2D eigenvalue weighted by atomic mass is 10.1. The Morgan fingerprint density at radius 3 is 2.61 bits per heavy atom. The largest absolute Gasteiger partial charge is 0.384 e. The summed E-state index contributed by atoms with van der Waals surface area (Å²) < 4.78 is 0. The minimum Gasteiger partial charge on any atom is -0.384 e. The molecule has 0 atom stereocenters. The Morgan fingerprint density at radius 2 is 1.78 bits per heavy atom. The van der Waals surface area contributed by atoms with Crippen LogP contribution in [-0.2, 0) is 13.0 Å². The maximum Gasteiger partial charge on any atom is 0.0373 e. The Labute approximate surface area is 110 Å². The smallest absolute Gasteiger partial charge is 0.0373 e. The molecule has 0 aromatic heterocycles. The highest BCUT2D eigenvalue weighted by molar-refractivity contribution is 5.56. The van der Waals surface area contributed by atoms with Crippen LogP contribution < -0.4 is 5.32 Å². The van der Waals surface area contributed by atoms with E-state index in [1.807, 2.05) is 0 Å². The van der Waals surface area contributed by atoms with Crippen molar-refractivity contribution >= 4 is 5.69 Å². The summed E-state index contributed by atoms with van der Waals surface area (Å²) in [5, 5.41) is 3.44. The van der Waals surface area contributed by atoms with Crippen LogP contribution >= 0.6 is 0 Å². The molecule has 2 heterocycles. The lowest BCUT2D eigenvalue weighted by Gasteiger charge is -2.24. The van der Waals surface area contributed by atoms with E-state index < -0.39 is 0 Å². The van der Waals surface area contributed by atoms with Crippen LogP contribution in [0.2, 0.25) is 0 Å². The van der Waals surface area contributed by atoms with Crippen LogP contribution in [0.4, 0.5) is 5.69 Å². The molecule has 0 spiro atoms. The van der Waals surface area contributed by atoms with Crippen molar-refractivity contribution in [3.8, 4) is 0 Å². The van der Waals surface area contributed by atoms with Crippen molar-refractivity contribution in [1.82, 2.24) is 4.90 Å². The first-order chi connectivity index (χ1) is 8.92. The number of likely N-dealkylation sites (tertiary alicyclic amines) is 1. The van der Waals surface area contributed by atoms with E-state index >= 15 is 0 Å². The average Bonchev–Trinajstić information content (AvgIpc) is 2.79. The van der Waals surface area contributed by atoms with Crippen molar-refractivity contribution in [2.24, 2.45) is 0 Å². The molecule has 0 amide bonds. The third kappa shape index (κ3) is 2.86. The predicted octanol–water partition coefficient (Wildman–Crippen LogP) is 3.42. The second kappa shape index (κ2) is 5.75. The van der Waals surface area contributed by atoms with Gasteiger partial charge in [-0.2, -0.15) is 0 Å². The number of benzene rings is 1. The van der Waals surface area contributed by atoms with Crippen molar-refractivity contribution in [1.29, 1.82) is 0 Å². The van der Waals surface area contributed by atoms with Crippen molar-refractivity contribution in [2.75, 3.05) is 25.0 Å². The second-order valence-corrected chi connectivity index (χ2v) is 5.71. The van der Waals surface area contributed by atoms with Crippen molar-refractivity contribution in [3.63, 3.8) is 0 Å². The summed E-state index contributed by atoms with van der Waals surface area (Å²) in [6.07, 6.45) is 8.25. The summed E-state index contributed by atoms with van der Waals surface area (Å²) in [5.41, 5.74) is 4.36. The van der Waals surface area contributed by atoms with Crippen LogP contribution in [0, 0.1) is 0 Å². The summed E-state index contributed by atoms with van der Waals surface area (Å²) in [6.45, 7) is 4.83. The highest BCUT2D eigenvalue weighted by atomic mass is 15.1. The molecule has 1 aromatic carbocycles. The minimum atomic E-state index is 1.11. The minimum absolute atomic E-state index is 1.11. The first kappa shape index (κ1) is 12.0. The Kier molecular flexibility index (Phi) is 3.84. The molecule has 2 nitrogen and oxygen atoms in total. The molecule has 3 rings (SSSR count). The number of hydrogen-bond acceptors (Lipinski definition) is 2. The molecule has 1 N–H and O–H groups in total. The first-order valence-corrected chi connectivity index (χ1v) is 7.50. The monoisotopic (exact) mass is 244 g/mol. The van der Waals surface area contributed by atoms with E-state index in [9.17, 15) is 0 Å². The number of nitrogens with one attached hydrogen (secondary N) is 1. The van der Waals surface area contributed by atoms with E-state index in [1.165, 1.54) is 68.4 Å². The quantitative estimate of drug-likeness (QED) is 0.857. The van der Waals surface area contributed by atoms with Crippen LogP contribution in [0.3, 0.4) is 0 Å². The summed E-state index contributed by atoms with van der Waals surface area (Å²) in [5.74, 6) is 0. The van der Waals surface area contributed by atoms with E-state index in [4.69, 9.17) is 0 Å². The van der Waals surface area contributed by atoms with Gasteiger partial charge in [-0.15, -0.1) is 0 Å². The summed E-state index contributed by atoms with van der Waals surface area (Å²) >= 11 is 0. The molecule has 0 bridgehead atoms.